The Morgan fingerprint density at radius 2 is 2.08 bits per heavy atom. The topological polar surface area (TPSA) is 83.8 Å². The lowest BCUT2D eigenvalue weighted by atomic mass is 10.1. The molecular weight excluding hydrogens is 340 g/mol. The third-order valence-corrected chi connectivity index (χ3v) is 4.29. The van der Waals surface area contributed by atoms with Crippen molar-refractivity contribution >= 4 is 44.9 Å². The smallest absolute Gasteiger partial charge is 0.270 e. The molecule has 0 aliphatic carbocycles. The summed E-state index contributed by atoms with van der Waals surface area (Å²) in [5.41, 5.74) is 3.45. The number of fused-ring (bicyclic) bond motifs is 3. The third-order valence-electron chi connectivity index (χ3n) is 4.06. The molecule has 0 unspecified atom stereocenters. The Kier molecular flexibility index (Phi) is 3.74. The second-order valence-corrected chi connectivity index (χ2v) is 6.11. The Morgan fingerprint density at radius 1 is 1.20 bits per heavy atom. The summed E-state index contributed by atoms with van der Waals surface area (Å²) in [6.07, 6.45) is 1.70. The van der Waals surface area contributed by atoms with E-state index in [2.05, 4.69) is 15.3 Å². The first-order chi connectivity index (χ1) is 12.1. The van der Waals surface area contributed by atoms with Crippen LogP contribution in [0.3, 0.4) is 0 Å². The number of aromatic nitrogens is 2. The number of H-pyrrole nitrogens is 1. The molecule has 7 heteroatoms. The molecule has 0 radical (unpaired) electrons. The summed E-state index contributed by atoms with van der Waals surface area (Å²) in [6, 6.07) is 14.2. The van der Waals surface area contributed by atoms with Crippen LogP contribution in [0.4, 0.5) is 11.4 Å². The number of nitro benzene ring substituents is 1. The minimum atomic E-state index is -0.395. The van der Waals surface area contributed by atoms with Gasteiger partial charge in [0.1, 0.15) is 5.65 Å². The lowest BCUT2D eigenvalue weighted by molar-refractivity contribution is -0.384. The second kappa shape index (κ2) is 6.07. The van der Waals surface area contributed by atoms with Gasteiger partial charge in [-0.3, -0.25) is 10.1 Å². The van der Waals surface area contributed by atoms with Gasteiger partial charge in [-0.15, -0.1) is 0 Å². The zero-order valence-electron chi connectivity index (χ0n) is 13.0. The molecule has 0 aliphatic rings. The average Bonchev–Trinajstić information content (AvgIpc) is 2.98. The standard InChI is InChI=1S/C18H13ClN4O2/c19-12-3-1-2-11(8-12)10-21-16-6-7-20-18-17(16)14-9-13(23(24)25)4-5-15(14)22-18/h1-9H,10H2,(H2,20,21,22). The molecular formula is C18H13ClN4O2. The quantitative estimate of drug-likeness (QED) is 0.404. The van der Waals surface area contributed by atoms with E-state index >= 15 is 0 Å². The number of nitrogens with zero attached hydrogens (tertiary/aromatic N) is 2. The largest absolute Gasteiger partial charge is 0.380 e. The second-order valence-electron chi connectivity index (χ2n) is 5.68. The third kappa shape index (κ3) is 2.88. The fourth-order valence-electron chi connectivity index (χ4n) is 2.91. The zero-order valence-corrected chi connectivity index (χ0v) is 13.7. The van der Waals surface area contributed by atoms with Crippen molar-refractivity contribution in [2.24, 2.45) is 0 Å². The molecule has 0 spiro atoms. The minimum Gasteiger partial charge on any atom is -0.380 e. The zero-order chi connectivity index (χ0) is 17.4. The van der Waals surface area contributed by atoms with Crippen LogP contribution in [0.25, 0.3) is 21.9 Å². The highest BCUT2D eigenvalue weighted by atomic mass is 35.5. The van der Waals surface area contributed by atoms with Crippen molar-refractivity contribution in [3.63, 3.8) is 0 Å². The Morgan fingerprint density at radius 3 is 2.88 bits per heavy atom. The predicted octanol–water partition coefficient (Wildman–Crippen LogP) is 4.89. The summed E-state index contributed by atoms with van der Waals surface area (Å²) in [6.45, 7) is 0.585. The molecule has 4 rings (SSSR count). The molecule has 2 heterocycles. The van der Waals surface area contributed by atoms with Gasteiger partial charge in [-0.25, -0.2) is 4.98 Å². The van der Waals surface area contributed by atoms with Crippen LogP contribution in [0.2, 0.25) is 5.02 Å². The highest BCUT2D eigenvalue weighted by Crippen LogP contribution is 2.32. The summed E-state index contributed by atoms with van der Waals surface area (Å²) >= 11 is 6.02. The SMILES string of the molecule is O=[N+]([O-])c1ccc2[nH]c3nccc(NCc4cccc(Cl)c4)c3c2c1. The number of non-ortho nitro benzene ring substituents is 1. The lowest BCUT2D eigenvalue weighted by Crippen LogP contribution is -2.00. The molecule has 2 N–H and O–H groups in total. The van der Waals surface area contributed by atoms with Gasteiger partial charge in [0.15, 0.2) is 0 Å². The van der Waals surface area contributed by atoms with Crippen molar-refractivity contribution in [1.29, 1.82) is 0 Å². The van der Waals surface area contributed by atoms with Gasteiger partial charge < -0.3 is 10.3 Å². The first-order valence-corrected chi connectivity index (χ1v) is 8.03. The van der Waals surface area contributed by atoms with Crippen molar-refractivity contribution in [1.82, 2.24) is 9.97 Å². The van der Waals surface area contributed by atoms with Crippen molar-refractivity contribution in [3.8, 4) is 0 Å². The molecule has 124 valence electrons. The molecule has 2 aromatic carbocycles. The molecule has 0 fully saturated rings. The van der Waals surface area contributed by atoms with E-state index in [-0.39, 0.29) is 5.69 Å². The van der Waals surface area contributed by atoms with Gasteiger partial charge in [0.05, 0.1) is 4.92 Å². The Hall–Kier alpha value is -3.12. The van der Waals surface area contributed by atoms with Crippen LogP contribution in [-0.4, -0.2) is 14.9 Å². The van der Waals surface area contributed by atoms with Crippen molar-refractivity contribution in [2.45, 2.75) is 6.54 Å². The number of rotatable bonds is 4. The maximum absolute atomic E-state index is 11.1. The molecule has 25 heavy (non-hydrogen) atoms. The van der Waals surface area contributed by atoms with Crippen LogP contribution in [0.1, 0.15) is 5.56 Å². The summed E-state index contributed by atoms with van der Waals surface area (Å²) in [7, 11) is 0. The number of hydrogen-bond donors (Lipinski definition) is 2. The summed E-state index contributed by atoms with van der Waals surface area (Å²) in [5, 5.41) is 16.7. The lowest BCUT2D eigenvalue weighted by Gasteiger charge is -2.08. The molecule has 0 saturated carbocycles. The Labute approximate surface area is 147 Å². The van der Waals surface area contributed by atoms with E-state index in [4.69, 9.17) is 11.6 Å². The van der Waals surface area contributed by atoms with E-state index < -0.39 is 4.92 Å². The number of halogens is 1. The number of nitrogens with one attached hydrogen (secondary N) is 2. The number of pyridine rings is 1. The van der Waals surface area contributed by atoms with Gasteiger partial charge in [0.2, 0.25) is 0 Å². The van der Waals surface area contributed by atoms with Crippen LogP contribution in [0.15, 0.2) is 54.7 Å². The van der Waals surface area contributed by atoms with E-state index in [1.54, 1.807) is 18.3 Å². The number of benzene rings is 2. The van der Waals surface area contributed by atoms with E-state index in [0.29, 0.717) is 17.2 Å². The molecule has 0 saturated heterocycles. The number of nitro groups is 1. The van der Waals surface area contributed by atoms with E-state index in [9.17, 15) is 10.1 Å². The minimum absolute atomic E-state index is 0.0537. The van der Waals surface area contributed by atoms with Crippen molar-refractivity contribution in [2.75, 3.05) is 5.32 Å². The molecule has 0 aliphatic heterocycles. The molecule has 0 atom stereocenters. The monoisotopic (exact) mass is 352 g/mol. The first-order valence-electron chi connectivity index (χ1n) is 7.65. The molecule has 0 amide bonds. The van der Waals surface area contributed by atoms with Crippen LogP contribution in [-0.2, 0) is 6.54 Å². The van der Waals surface area contributed by atoms with Gasteiger partial charge in [-0.2, -0.15) is 0 Å². The fourth-order valence-corrected chi connectivity index (χ4v) is 3.12. The first kappa shape index (κ1) is 15.4. The van der Waals surface area contributed by atoms with E-state index in [1.165, 1.54) is 6.07 Å². The normalized spacial score (nSPS) is 11.1. The van der Waals surface area contributed by atoms with Gasteiger partial charge >= 0.3 is 0 Å². The number of anilines is 1. The van der Waals surface area contributed by atoms with Gasteiger partial charge in [0.25, 0.3) is 5.69 Å². The maximum Gasteiger partial charge on any atom is 0.270 e. The van der Waals surface area contributed by atoms with Gasteiger partial charge in [-0.1, -0.05) is 23.7 Å². The number of aromatic amines is 1. The van der Waals surface area contributed by atoms with E-state index in [1.807, 2.05) is 30.3 Å². The Balaban J connectivity index is 1.79. The van der Waals surface area contributed by atoms with Crippen molar-refractivity contribution in [3.05, 3.63) is 75.4 Å². The average molecular weight is 353 g/mol. The summed E-state index contributed by atoms with van der Waals surface area (Å²) in [4.78, 5) is 18.2. The van der Waals surface area contributed by atoms with Crippen LogP contribution >= 0.6 is 11.6 Å². The molecule has 2 aromatic heterocycles. The van der Waals surface area contributed by atoms with Crippen molar-refractivity contribution < 1.29 is 4.92 Å². The van der Waals surface area contributed by atoms with Gasteiger partial charge in [0, 0.05) is 51.9 Å². The molecule has 4 aromatic rings. The molecule has 6 nitrogen and oxygen atoms in total. The van der Waals surface area contributed by atoms with Crippen LogP contribution < -0.4 is 5.32 Å². The highest BCUT2D eigenvalue weighted by Gasteiger charge is 2.14. The summed E-state index contributed by atoms with van der Waals surface area (Å²) in [5.74, 6) is 0. The fraction of sp³-hybridized carbons (Fsp3) is 0.0556. The van der Waals surface area contributed by atoms with Gasteiger partial charge in [-0.05, 0) is 29.8 Å². The Bertz CT molecular complexity index is 1110. The predicted molar refractivity (Wildman–Crippen MR) is 99.0 cm³/mol. The maximum atomic E-state index is 11.1. The van der Waals surface area contributed by atoms with Crippen LogP contribution in [0, 0.1) is 10.1 Å². The summed E-state index contributed by atoms with van der Waals surface area (Å²) < 4.78 is 0. The number of hydrogen-bond acceptors (Lipinski definition) is 4. The highest BCUT2D eigenvalue weighted by molar-refractivity contribution is 6.30. The van der Waals surface area contributed by atoms with E-state index in [0.717, 1.165) is 27.5 Å². The van der Waals surface area contributed by atoms with Crippen LogP contribution in [0.5, 0.6) is 0 Å². The molecule has 0 bridgehead atoms.